The van der Waals surface area contributed by atoms with E-state index in [1.165, 1.54) is 6.20 Å². The summed E-state index contributed by atoms with van der Waals surface area (Å²) in [5.41, 5.74) is 6.91. The van der Waals surface area contributed by atoms with Crippen LogP contribution < -0.4 is 5.73 Å². The summed E-state index contributed by atoms with van der Waals surface area (Å²) in [5, 5.41) is 0. The number of nitrogen functional groups attached to an aromatic ring is 1. The van der Waals surface area contributed by atoms with Crippen molar-refractivity contribution < 1.29 is 4.79 Å². The molecule has 1 amide bonds. The van der Waals surface area contributed by atoms with Crippen molar-refractivity contribution in [3.8, 4) is 0 Å². The zero-order chi connectivity index (χ0) is 13.7. The number of nitrogens with zero attached hydrogens (tertiary/aromatic N) is 3. The van der Waals surface area contributed by atoms with Crippen molar-refractivity contribution in [3.05, 3.63) is 54.0 Å². The van der Waals surface area contributed by atoms with E-state index in [0.29, 0.717) is 24.5 Å². The maximum atomic E-state index is 12.3. The second-order valence-corrected chi connectivity index (χ2v) is 4.11. The molecule has 0 fully saturated rings. The summed E-state index contributed by atoms with van der Waals surface area (Å²) in [5.74, 6) is 0.338. The first-order valence-electron chi connectivity index (χ1n) is 6.11. The summed E-state index contributed by atoms with van der Waals surface area (Å²) < 4.78 is 0. The van der Waals surface area contributed by atoms with Crippen LogP contribution in [0, 0.1) is 0 Å². The van der Waals surface area contributed by atoms with Gasteiger partial charge in [0.1, 0.15) is 5.82 Å². The minimum Gasteiger partial charge on any atom is -0.384 e. The lowest BCUT2D eigenvalue weighted by Crippen LogP contribution is -2.30. The fourth-order valence-corrected chi connectivity index (χ4v) is 1.73. The highest BCUT2D eigenvalue weighted by Crippen LogP contribution is 2.09. The summed E-state index contributed by atoms with van der Waals surface area (Å²) in [4.78, 5) is 22.2. The molecule has 0 aliphatic rings. The lowest BCUT2D eigenvalue weighted by atomic mass is 10.2. The molecule has 2 heterocycles. The molecule has 0 aliphatic heterocycles. The summed E-state index contributed by atoms with van der Waals surface area (Å²) in [6.07, 6.45) is 3.22. The van der Waals surface area contributed by atoms with Crippen molar-refractivity contribution >= 4 is 11.7 Å². The van der Waals surface area contributed by atoms with E-state index in [2.05, 4.69) is 9.97 Å². The van der Waals surface area contributed by atoms with Crippen LogP contribution >= 0.6 is 0 Å². The first kappa shape index (κ1) is 13.0. The Kier molecular flexibility index (Phi) is 4.07. The third-order valence-electron chi connectivity index (χ3n) is 2.78. The van der Waals surface area contributed by atoms with Gasteiger partial charge in [-0.1, -0.05) is 6.07 Å². The summed E-state index contributed by atoms with van der Waals surface area (Å²) in [6.45, 7) is 3.03. The van der Waals surface area contributed by atoms with E-state index in [9.17, 15) is 4.79 Å². The van der Waals surface area contributed by atoms with Crippen LogP contribution in [0.2, 0.25) is 0 Å². The van der Waals surface area contributed by atoms with E-state index in [1.54, 1.807) is 23.2 Å². The van der Waals surface area contributed by atoms with Crippen LogP contribution in [-0.4, -0.2) is 27.3 Å². The minimum atomic E-state index is -0.0688. The average molecular weight is 256 g/mol. The molecule has 5 heteroatoms. The van der Waals surface area contributed by atoms with Crippen LogP contribution in [0.25, 0.3) is 0 Å². The molecule has 0 saturated heterocycles. The number of pyridine rings is 2. The van der Waals surface area contributed by atoms with E-state index >= 15 is 0 Å². The van der Waals surface area contributed by atoms with Gasteiger partial charge in [-0.2, -0.15) is 0 Å². The molecule has 19 heavy (non-hydrogen) atoms. The summed E-state index contributed by atoms with van der Waals surface area (Å²) >= 11 is 0. The van der Waals surface area contributed by atoms with Gasteiger partial charge in [-0.05, 0) is 31.2 Å². The molecular formula is C14H16N4O. The zero-order valence-electron chi connectivity index (χ0n) is 10.8. The molecule has 2 N–H and O–H groups in total. The molecular weight excluding hydrogens is 240 g/mol. The van der Waals surface area contributed by atoms with Crippen molar-refractivity contribution in [2.24, 2.45) is 0 Å². The Morgan fingerprint density at radius 3 is 2.68 bits per heavy atom. The Balaban J connectivity index is 2.13. The summed E-state index contributed by atoms with van der Waals surface area (Å²) in [7, 11) is 0. The van der Waals surface area contributed by atoms with Crippen LogP contribution in [0.5, 0.6) is 0 Å². The second-order valence-electron chi connectivity index (χ2n) is 4.11. The molecule has 98 valence electrons. The SMILES string of the molecule is CCN(Cc1ccccn1)C(=O)c1ccc(N)nc1. The Morgan fingerprint density at radius 2 is 2.11 bits per heavy atom. The number of anilines is 1. The number of carbonyl (C=O) groups excluding carboxylic acids is 1. The molecule has 0 unspecified atom stereocenters. The number of hydrogen-bond donors (Lipinski definition) is 1. The molecule has 0 bridgehead atoms. The van der Waals surface area contributed by atoms with E-state index < -0.39 is 0 Å². The van der Waals surface area contributed by atoms with Gasteiger partial charge < -0.3 is 10.6 Å². The highest BCUT2D eigenvalue weighted by atomic mass is 16.2. The first-order valence-corrected chi connectivity index (χ1v) is 6.11. The smallest absolute Gasteiger partial charge is 0.255 e. The van der Waals surface area contributed by atoms with Gasteiger partial charge in [0, 0.05) is 18.9 Å². The van der Waals surface area contributed by atoms with Crippen LogP contribution in [-0.2, 0) is 6.54 Å². The van der Waals surface area contributed by atoms with Crippen molar-refractivity contribution in [2.75, 3.05) is 12.3 Å². The average Bonchev–Trinajstić information content (AvgIpc) is 2.46. The molecule has 0 spiro atoms. The molecule has 2 aromatic heterocycles. The van der Waals surface area contributed by atoms with Gasteiger partial charge >= 0.3 is 0 Å². The lowest BCUT2D eigenvalue weighted by molar-refractivity contribution is 0.0750. The third kappa shape index (κ3) is 3.28. The van der Waals surface area contributed by atoms with E-state index in [-0.39, 0.29) is 5.91 Å². The molecule has 0 atom stereocenters. The van der Waals surface area contributed by atoms with Crippen molar-refractivity contribution in [1.82, 2.24) is 14.9 Å². The molecule has 0 radical (unpaired) electrons. The van der Waals surface area contributed by atoms with Gasteiger partial charge in [0.25, 0.3) is 5.91 Å². The minimum absolute atomic E-state index is 0.0688. The van der Waals surface area contributed by atoms with Crippen LogP contribution in [0.4, 0.5) is 5.82 Å². The predicted octanol–water partition coefficient (Wildman–Crippen LogP) is 1.72. The van der Waals surface area contributed by atoms with Crippen LogP contribution in [0.15, 0.2) is 42.7 Å². The fraction of sp³-hybridized carbons (Fsp3) is 0.214. The number of amides is 1. The topological polar surface area (TPSA) is 72.1 Å². The number of rotatable bonds is 4. The molecule has 0 saturated carbocycles. The number of nitrogens with two attached hydrogens (primary N) is 1. The van der Waals surface area contributed by atoms with Crippen molar-refractivity contribution in [1.29, 1.82) is 0 Å². The number of hydrogen-bond acceptors (Lipinski definition) is 4. The number of carbonyl (C=O) groups is 1. The highest BCUT2D eigenvalue weighted by Gasteiger charge is 2.15. The molecule has 2 rings (SSSR count). The Labute approximate surface area is 112 Å². The van der Waals surface area contributed by atoms with Gasteiger partial charge in [-0.3, -0.25) is 9.78 Å². The third-order valence-corrected chi connectivity index (χ3v) is 2.78. The quantitative estimate of drug-likeness (QED) is 0.904. The van der Waals surface area contributed by atoms with Gasteiger partial charge in [-0.25, -0.2) is 4.98 Å². The molecule has 0 aliphatic carbocycles. The summed E-state index contributed by atoms with van der Waals surface area (Å²) in [6, 6.07) is 8.97. The van der Waals surface area contributed by atoms with Crippen molar-refractivity contribution in [3.63, 3.8) is 0 Å². The Hall–Kier alpha value is -2.43. The van der Waals surface area contributed by atoms with E-state index in [1.807, 2.05) is 25.1 Å². The highest BCUT2D eigenvalue weighted by molar-refractivity contribution is 5.94. The van der Waals surface area contributed by atoms with Crippen LogP contribution in [0.1, 0.15) is 23.0 Å². The largest absolute Gasteiger partial charge is 0.384 e. The molecule has 5 nitrogen and oxygen atoms in total. The van der Waals surface area contributed by atoms with E-state index in [0.717, 1.165) is 5.69 Å². The van der Waals surface area contributed by atoms with E-state index in [4.69, 9.17) is 5.73 Å². The lowest BCUT2D eigenvalue weighted by Gasteiger charge is -2.20. The molecule has 2 aromatic rings. The zero-order valence-corrected chi connectivity index (χ0v) is 10.8. The normalized spacial score (nSPS) is 10.2. The maximum Gasteiger partial charge on any atom is 0.255 e. The monoisotopic (exact) mass is 256 g/mol. The fourth-order valence-electron chi connectivity index (χ4n) is 1.73. The van der Waals surface area contributed by atoms with Crippen LogP contribution in [0.3, 0.4) is 0 Å². The van der Waals surface area contributed by atoms with Gasteiger partial charge in [0.2, 0.25) is 0 Å². The first-order chi connectivity index (χ1) is 9.20. The predicted molar refractivity (Wildman–Crippen MR) is 73.3 cm³/mol. The second kappa shape index (κ2) is 5.95. The Morgan fingerprint density at radius 1 is 1.26 bits per heavy atom. The molecule has 0 aromatic carbocycles. The van der Waals surface area contributed by atoms with Gasteiger partial charge in [0.05, 0.1) is 17.8 Å². The Bertz CT molecular complexity index is 539. The van der Waals surface area contributed by atoms with Gasteiger partial charge in [-0.15, -0.1) is 0 Å². The van der Waals surface area contributed by atoms with Gasteiger partial charge in [0.15, 0.2) is 0 Å². The maximum absolute atomic E-state index is 12.3. The number of aromatic nitrogens is 2. The standard InChI is InChI=1S/C14H16N4O/c1-2-18(10-12-5-3-4-8-16-12)14(19)11-6-7-13(15)17-9-11/h3-9H,2,10H2,1H3,(H2,15,17). The van der Waals surface area contributed by atoms with Crippen molar-refractivity contribution in [2.45, 2.75) is 13.5 Å².